The van der Waals surface area contributed by atoms with E-state index in [0.29, 0.717) is 5.69 Å². The summed E-state index contributed by atoms with van der Waals surface area (Å²) in [6, 6.07) is 73.8. The van der Waals surface area contributed by atoms with Crippen molar-refractivity contribution in [3.63, 3.8) is 0 Å². The highest BCUT2D eigenvalue weighted by Crippen LogP contribution is 2.54. The van der Waals surface area contributed by atoms with Crippen LogP contribution in [0.3, 0.4) is 0 Å². The summed E-state index contributed by atoms with van der Waals surface area (Å²) in [5, 5.41) is 9.29. The van der Waals surface area contributed by atoms with Crippen LogP contribution in [0.2, 0.25) is 0 Å². The van der Waals surface area contributed by atoms with Crippen molar-refractivity contribution in [3.8, 4) is 22.3 Å². The minimum Gasteiger partial charge on any atom is -0.310 e. The lowest BCUT2D eigenvalue weighted by atomic mass is 9.84. The summed E-state index contributed by atoms with van der Waals surface area (Å²) in [6.45, 7) is 4.42. The Labute approximate surface area is 355 Å². The van der Waals surface area contributed by atoms with Crippen molar-refractivity contribution in [2.75, 3.05) is 9.80 Å². The summed E-state index contributed by atoms with van der Waals surface area (Å²) in [5.41, 5.74) is 11.5. The number of nitrogens with zero attached hydrogens (tertiary/aromatic N) is 2. The minimum absolute atomic E-state index is 0.295. The van der Waals surface area contributed by atoms with Gasteiger partial charge in [0.25, 0.3) is 0 Å². The number of anilines is 6. The Balaban J connectivity index is 1.30. The van der Waals surface area contributed by atoms with Crippen LogP contribution in [0.5, 0.6) is 0 Å². The van der Waals surface area contributed by atoms with Crippen LogP contribution in [0.1, 0.15) is 11.1 Å². The smallest absolute Gasteiger partial charge is 0.148 e. The average Bonchev–Trinajstić information content (AvgIpc) is 3.31. The van der Waals surface area contributed by atoms with E-state index in [-0.39, 0.29) is 5.82 Å². The van der Waals surface area contributed by atoms with E-state index in [1.54, 1.807) is 6.07 Å². The van der Waals surface area contributed by atoms with E-state index in [0.717, 1.165) is 72.4 Å². The van der Waals surface area contributed by atoms with E-state index in [1.807, 2.05) is 66.7 Å². The summed E-state index contributed by atoms with van der Waals surface area (Å²) < 4.78 is 17.8. The van der Waals surface area contributed by atoms with Crippen molar-refractivity contribution < 1.29 is 4.39 Å². The third-order valence-electron chi connectivity index (χ3n) is 12.2. The molecule has 0 N–H and O–H groups in total. The molecule has 0 radical (unpaired) electrons. The van der Waals surface area contributed by atoms with Gasteiger partial charge in [-0.3, -0.25) is 0 Å². The first-order valence-corrected chi connectivity index (χ1v) is 20.9. The molecule has 0 atom stereocenters. The van der Waals surface area contributed by atoms with Crippen LogP contribution in [-0.4, -0.2) is 0 Å². The zero-order valence-electron chi connectivity index (χ0n) is 34.0. The number of benzene rings is 11. The lowest BCUT2D eigenvalue weighted by molar-refractivity contribution is 0.630. The van der Waals surface area contributed by atoms with Gasteiger partial charge in [-0.05, 0) is 124 Å². The molecule has 3 heteroatoms. The van der Waals surface area contributed by atoms with Gasteiger partial charge in [0.05, 0.1) is 17.1 Å². The second kappa shape index (κ2) is 14.8. The van der Waals surface area contributed by atoms with E-state index in [2.05, 4.69) is 163 Å². The molecule has 61 heavy (non-hydrogen) atoms. The largest absolute Gasteiger partial charge is 0.310 e. The maximum Gasteiger partial charge on any atom is 0.148 e. The monoisotopic (exact) mass is 784 g/mol. The topological polar surface area (TPSA) is 6.48 Å². The van der Waals surface area contributed by atoms with E-state index in [1.165, 1.54) is 32.5 Å². The van der Waals surface area contributed by atoms with Gasteiger partial charge in [-0.2, -0.15) is 0 Å². The molecule has 0 aliphatic carbocycles. The zero-order valence-corrected chi connectivity index (χ0v) is 34.0. The molecule has 290 valence electrons. The molecular formula is C58H41FN2. The van der Waals surface area contributed by atoms with Crippen molar-refractivity contribution in [1.82, 2.24) is 0 Å². The Hall–Kier alpha value is -7.75. The third kappa shape index (κ3) is 6.00. The molecule has 0 heterocycles. The van der Waals surface area contributed by atoms with Gasteiger partial charge in [0.15, 0.2) is 0 Å². The molecule has 0 unspecified atom stereocenters. The Morgan fingerprint density at radius 2 is 0.721 bits per heavy atom. The number of rotatable bonds is 8. The highest BCUT2D eigenvalue weighted by Gasteiger charge is 2.29. The first-order chi connectivity index (χ1) is 30.0. The summed E-state index contributed by atoms with van der Waals surface area (Å²) in [6.07, 6.45) is 0. The Morgan fingerprint density at radius 1 is 0.328 bits per heavy atom. The molecular weight excluding hydrogens is 744 g/mol. The second-order valence-electron chi connectivity index (χ2n) is 15.9. The molecule has 0 aromatic heterocycles. The molecule has 0 saturated carbocycles. The number of hydrogen-bond acceptors (Lipinski definition) is 2. The first kappa shape index (κ1) is 36.3. The molecule has 11 rings (SSSR count). The second-order valence-corrected chi connectivity index (χ2v) is 15.9. The molecule has 11 aromatic carbocycles. The van der Waals surface area contributed by atoms with E-state index < -0.39 is 0 Å². The van der Waals surface area contributed by atoms with Crippen molar-refractivity contribution in [1.29, 1.82) is 0 Å². The number of para-hydroxylation sites is 3. The first-order valence-electron chi connectivity index (χ1n) is 20.9. The number of aryl methyl sites for hydroxylation is 2. The van der Waals surface area contributed by atoms with Gasteiger partial charge in [0.2, 0.25) is 0 Å². The molecule has 0 amide bonds. The molecule has 2 nitrogen and oxygen atoms in total. The standard InChI is InChI=1S/C58H41FN2/c1-38-34-52(60(43-24-12-5-13-25-43)44-26-14-6-15-27-44)54-48-30-18-19-31-49(48)55-53(35-39(2)47-33-32-46(38)56(54)57(47)55)61(45-28-16-7-17-29-45)58-50(41-22-10-4-11-23-41)36-42(37-51(58)59)40-20-8-3-9-21-40/h3-37H,1-2H3. The van der Waals surface area contributed by atoms with Gasteiger partial charge in [0, 0.05) is 44.2 Å². The van der Waals surface area contributed by atoms with E-state index in [9.17, 15) is 0 Å². The summed E-state index contributed by atoms with van der Waals surface area (Å²) in [5.74, 6) is -0.295. The van der Waals surface area contributed by atoms with Gasteiger partial charge in [0.1, 0.15) is 5.82 Å². The van der Waals surface area contributed by atoms with Crippen LogP contribution in [0.4, 0.5) is 38.5 Å². The van der Waals surface area contributed by atoms with Crippen LogP contribution in [-0.2, 0) is 0 Å². The lowest BCUT2D eigenvalue weighted by Gasteiger charge is -2.32. The molecule has 11 aromatic rings. The van der Waals surface area contributed by atoms with Crippen LogP contribution in [0.15, 0.2) is 212 Å². The van der Waals surface area contributed by atoms with Gasteiger partial charge >= 0.3 is 0 Å². The molecule has 0 fully saturated rings. The highest BCUT2D eigenvalue weighted by atomic mass is 19.1. The fourth-order valence-electron chi connectivity index (χ4n) is 9.57. The molecule has 0 bridgehead atoms. The van der Waals surface area contributed by atoms with Crippen molar-refractivity contribution in [3.05, 3.63) is 229 Å². The molecule has 0 saturated heterocycles. The predicted octanol–water partition coefficient (Wildman–Crippen LogP) is 16.8. The van der Waals surface area contributed by atoms with Crippen molar-refractivity contribution in [2.24, 2.45) is 0 Å². The number of hydrogen-bond donors (Lipinski definition) is 0. The zero-order chi connectivity index (χ0) is 41.0. The highest BCUT2D eigenvalue weighted by molar-refractivity contribution is 6.39. The fraction of sp³-hybridized carbons (Fsp3) is 0.0345. The summed E-state index contributed by atoms with van der Waals surface area (Å²) in [4.78, 5) is 4.57. The number of fused-ring (bicyclic) bond motifs is 3. The Kier molecular flexibility index (Phi) is 8.82. The van der Waals surface area contributed by atoms with Crippen LogP contribution >= 0.6 is 0 Å². The minimum atomic E-state index is -0.295. The molecule has 0 aliphatic rings. The third-order valence-corrected chi connectivity index (χ3v) is 12.2. The van der Waals surface area contributed by atoms with Crippen molar-refractivity contribution >= 4 is 77.2 Å². The van der Waals surface area contributed by atoms with E-state index in [4.69, 9.17) is 0 Å². The summed E-state index contributed by atoms with van der Waals surface area (Å²) in [7, 11) is 0. The summed E-state index contributed by atoms with van der Waals surface area (Å²) >= 11 is 0. The maximum absolute atomic E-state index is 17.8. The van der Waals surface area contributed by atoms with Gasteiger partial charge < -0.3 is 9.80 Å². The van der Waals surface area contributed by atoms with Crippen LogP contribution in [0.25, 0.3) is 65.3 Å². The van der Waals surface area contributed by atoms with Crippen molar-refractivity contribution in [2.45, 2.75) is 13.8 Å². The van der Waals surface area contributed by atoms with Gasteiger partial charge in [-0.15, -0.1) is 0 Å². The van der Waals surface area contributed by atoms with Crippen LogP contribution in [0, 0.1) is 19.7 Å². The SMILES string of the molecule is Cc1cc(N(c2ccccc2)c2ccccc2)c2c3ccccc3c3c(N(c4ccccc4)c4c(F)cc(-c5ccccc5)cc4-c4ccccc4)cc(C)c4ccc1c2c43. The Bertz CT molecular complexity index is 3330. The fourth-order valence-corrected chi connectivity index (χ4v) is 9.57. The molecule has 0 aliphatic heterocycles. The average molecular weight is 785 g/mol. The van der Waals surface area contributed by atoms with Crippen LogP contribution < -0.4 is 9.80 Å². The quantitative estimate of drug-likeness (QED) is 0.112. The predicted molar refractivity (Wildman–Crippen MR) is 257 cm³/mol. The van der Waals surface area contributed by atoms with E-state index >= 15 is 4.39 Å². The normalized spacial score (nSPS) is 11.5. The number of halogens is 1. The molecule has 0 spiro atoms. The Morgan fingerprint density at radius 3 is 1.20 bits per heavy atom. The maximum atomic E-state index is 17.8. The van der Waals surface area contributed by atoms with Gasteiger partial charge in [-0.1, -0.05) is 152 Å². The van der Waals surface area contributed by atoms with Gasteiger partial charge in [-0.25, -0.2) is 4.39 Å². The lowest BCUT2D eigenvalue weighted by Crippen LogP contribution is -2.15.